The van der Waals surface area contributed by atoms with Gasteiger partial charge in [-0.1, -0.05) is 18.2 Å². The van der Waals surface area contributed by atoms with E-state index in [0.29, 0.717) is 5.75 Å². The van der Waals surface area contributed by atoms with Crippen LogP contribution in [0.15, 0.2) is 30.3 Å². The van der Waals surface area contributed by atoms with Gasteiger partial charge in [0.25, 0.3) is 0 Å². The molecule has 4 heteroatoms. The first kappa shape index (κ1) is 9.06. The number of halogens is 1. The molecule has 0 heterocycles. The SMILES string of the molecule is O=C(COc1ccccc1)OBr. The minimum Gasteiger partial charge on any atom is -0.482 e. The van der Waals surface area contributed by atoms with Crippen LogP contribution in [0.25, 0.3) is 0 Å². The lowest BCUT2D eigenvalue weighted by atomic mass is 10.3. The summed E-state index contributed by atoms with van der Waals surface area (Å²) in [7, 11) is 0. The molecule has 0 amide bonds. The second kappa shape index (κ2) is 4.77. The predicted molar refractivity (Wildman–Crippen MR) is 47.0 cm³/mol. The van der Waals surface area contributed by atoms with E-state index in [4.69, 9.17) is 4.74 Å². The Balaban J connectivity index is 2.38. The van der Waals surface area contributed by atoms with E-state index in [1.165, 1.54) is 0 Å². The number of rotatable bonds is 3. The number of ether oxygens (including phenoxy) is 1. The van der Waals surface area contributed by atoms with Gasteiger partial charge < -0.3 is 8.57 Å². The molecule has 3 nitrogen and oxygen atoms in total. The Bertz CT molecular complexity index is 248. The first-order valence-corrected chi connectivity index (χ1v) is 3.97. The third-order valence-electron chi connectivity index (χ3n) is 1.19. The van der Waals surface area contributed by atoms with Crippen molar-refractivity contribution in [1.29, 1.82) is 0 Å². The molecule has 0 aromatic heterocycles. The van der Waals surface area contributed by atoms with Crippen LogP contribution in [-0.4, -0.2) is 12.6 Å². The summed E-state index contributed by atoms with van der Waals surface area (Å²) in [6, 6.07) is 9.06. The third-order valence-corrected chi connectivity index (χ3v) is 1.55. The molecule has 0 aliphatic heterocycles. The minimum absolute atomic E-state index is 0.0880. The van der Waals surface area contributed by atoms with Gasteiger partial charge in [-0.05, 0) is 12.1 Å². The average Bonchev–Trinajstić information content (AvgIpc) is 2.16. The van der Waals surface area contributed by atoms with Crippen molar-refractivity contribution in [2.45, 2.75) is 0 Å². The summed E-state index contributed by atoms with van der Waals surface area (Å²) in [4.78, 5) is 10.6. The van der Waals surface area contributed by atoms with Crippen LogP contribution in [0, 0.1) is 0 Å². The molecule has 1 rings (SSSR count). The topological polar surface area (TPSA) is 35.5 Å². The largest absolute Gasteiger partial charge is 0.482 e. The maximum Gasteiger partial charge on any atom is 0.355 e. The Hall–Kier alpha value is -1.03. The molecule has 0 aliphatic carbocycles. The van der Waals surface area contributed by atoms with Gasteiger partial charge in [-0.3, -0.25) is 0 Å². The lowest BCUT2D eigenvalue weighted by molar-refractivity contribution is -0.134. The predicted octanol–water partition coefficient (Wildman–Crippen LogP) is 1.92. The first-order valence-electron chi connectivity index (χ1n) is 3.32. The van der Waals surface area contributed by atoms with Gasteiger partial charge in [-0.2, -0.15) is 0 Å². The maximum atomic E-state index is 10.6. The van der Waals surface area contributed by atoms with E-state index in [2.05, 4.69) is 20.1 Å². The van der Waals surface area contributed by atoms with E-state index in [1.807, 2.05) is 18.2 Å². The van der Waals surface area contributed by atoms with E-state index in [-0.39, 0.29) is 6.61 Å². The van der Waals surface area contributed by atoms with Gasteiger partial charge in [-0.25, -0.2) is 4.79 Å². The van der Waals surface area contributed by atoms with Crippen LogP contribution in [0.3, 0.4) is 0 Å². The van der Waals surface area contributed by atoms with Gasteiger partial charge in [-0.15, -0.1) is 0 Å². The second-order valence-electron chi connectivity index (χ2n) is 2.05. The van der Waals surface area contributed by atoms with Gasteiger partial charge in [0.15, 0.2) is 22.9 Å². The lowest BCUT2D eigenvalue weighted by Gasteiger charge is -2.01. The first-order chi connectivity index (χ1) is 5.83. The van der Waals surface area contributed by atoms with Gasteiger partial charge >= 0.3 is 5.97 Å². The smallest absolute Gasteiger partial charge is 0.355 e. The highest BCUT2D eigenvalue weighted by Crippen LogP contribution is 2.07. The summed E-state index contributed by atoms with van der Waals surface area (Å²) in [5.41, 5.74) is 0. The van der Waals surface area contributed by atoms with Gasteiger partial charge in [0.1, 0.15) is 5.75 Å². The highest BCUT2D eigenvalue weighted by atomic mass is 79.9. The Labute approximate surface area is 78.7 Å². The Morgan fingerprint density at radius 2 is 2.00 bits per heavy atom. The van der Waals surface area contributed by atoms with Crippen molar-refractivity contribution in [3.8, 4) is 5.75 Å². The van der Waals surface area contributed by atoms with Crippen LogP contribution in [0.5, 0.6) is 5.75 Å². The fourth-order valence-corrected chi connectivity index (χ4v) is 0.775. The van der Waals surface area contributed by atoms with E-state index in [0.717, 1.165) is 0 Å². The van der Waals surface area contributed by atoms with Crippen molar-refractivity contribution >= 4 is 22.2 Å². The summed E-state index contributed by atoms with van der Waals surface area (Å²) < 4.78 is 9.27. The number of carbonyl (C=O) groups excluding carboxylic acids is 1. The zero-order chi connectivity index (χ0) is 8.81. The average molecular weight is 231 g/mol. The normalized spacial score (nSPS) is 9.08. The highest BCUT2D eigenvalue weighted by Gasteiger charge is 2.00. The quantitative estimate of drug-likeness (QED) is 0.797. The highest BCUT2D eigenvalue weighted by molar-refractivity contribution is 9.06. The van der Waals surface area contributed by atoms with Gasteiger partial charge in [0, 0.05) is 0 Å². The summed E-state index contributed by atoms with van der Waals surface area (Å²) in [5.74, 6) is 0.189. The molecule has 12 heavy (non-hydrogen) atoms. The van der Waals surface area contributed by atoms with Gasteiger partial charge in [0.2, 0.25) is 0 Å². The third kappa shape index (κ3) is 2.92. The van der Waals surface area contributed by atoms with Crippen molar-refractivity contribution in [2.75, 3.05) is 6.61 Å². The molecule has 0 radical (unpaired) electrons. The van der Waals surface area contributed by atoms with Crippen LogP contribution in [-0.2, 0) is 8.62 Å². The zero-order valence-electron chi connectivity index (χ0n) is 6.20. The van der Waals surface area contributed by atoms with E-state index in [9.17, 15) is 4.79 Å². The molecule has 0 bridgehead atoms. The second-order valence-corrected chi connectivity index (χ2v) is 2.37. The molecule has 0 saturated carbocycles. The van der Waals surface area contributed by atoms with Crippen molar-refractivity contribution < 1.29 is 13.4 Å². The summed E-state index contributed by atoms with van der Waals surface area (Å²) in [6.07, 6.45) is 0. The fourth-order valence-electron chi connectivity index (χ4n) is 0.681. The fraction of sp³-hybridized carbons (Fsp3) is 0.125. The molecule has 64 valence electrons. The summed E-state index contributed by atoms with van der Waals surface area (Å²) >= 11 is 2.56. The van der Waals surface area contributed by atoms with Crippen molar-refractivity contribution in [3.63, 3.8) is 0 Å². The lowest BCUT2D eigenvalue weighted by Crippen LogP contribution is -2.10. The van der Waals surface area contributed by atoms with Crippen LogP contribution >= 0.6 is 16.3 Å². The molecule has 0 fully saturated rings. The number of benzene rings is 1. The number of para-hydroxylation sites is 1. The monoisotopic (exact) mass is 230 g/mol. The Morgan fingerprint density at radius 3 is 2.58 bits per heavy atom. The standard InChI is InChI=1S/C8H7BrO3/c9-12-8(10)6-11-7-4-2-1-3-5-7/h1-5H,6H2. The van der Waals surface area contributed by atoms with Crippen LogP contribution < -0.4 is 4.74 Å². The molecule has 0 spiro atoms. The molecule has 0 unspecified atom stereocenters. The number of hydrogen-bond donors (Lipinski definition) is 0. The Morgan fingerprint density at radius 1 is 1.33 bits per heavy atom. The molecule has 0 N–H and O–H groups in total. The molecular formula is C8H7BrO3. The molecule has 0 atom stereocenters. The van der Waals surface area contributed by atoms with Crippen molar-refractivity contribution in [2.24, 2.45) is 0 Å². The maximum absolute atomic E-state index is 10.6. The number of carbonyl (C=O) groups is 1. The minimum atomic E-state index is -0.459. The Kier molecular flexibility index (Phi) is 3.60. The molecule has 0 aliphatic rings. The molecular weight excluding hydrogens is 224 g/mol. The van der Waals surface area contributed by atoms with Crippen LogP contribution in [0.2, 0.25) is 0 Å². The van der Waals surface area contributed by atoms with E-state index >= 15 is 0 Å². The zero-order valence-corrected chi connectivity index (χ0v) is 7.78. The van der Waals surface area contributed by atoms with Crippen molar-refractivity contribution in [1.82, 2.24) is 0 Å². The number of hydrogen-bond acceptors (Lipinski definition) is 3. The molecule has 1 aromatic carbocycles. The molecule has 1 aromatic rings. The summed E-state index contributed by atoms with van der Waals surface area (Å²) in [5, 5.41) is 0. The van der Waals surface area contributed by atoms with Gasteiger partial charge in [0.05, 0.1) is 0 Å². The van der Waals surface area contributed by atoms with Crippen molar-refractivity contribution in [3.05, 3.63) is 30.3 Å². The molecule has 0 saturated heterocycles. The van der Waals surface area contributed by atoms with E-state index in [1.54, 1.807) is 12.1 Å². The van der Waals surface area contributed by atoms with E-state index < -0.39 is 5.97 Å². The summed E-state index contributed by atoms with van der Waals surface area (Å²) in [6.45, 7) is -0.0880. The van der Waals surface area contributed by atoms with Crippen LogP contribution in [0.4, 0.5) is 0 Å². The van der Waals surface area contributed by atoms with Crippen LogP contribution in [0.1, 0.15) is 0 Å².